The summed E-state index contributed by atoms with van der Waals surface area (Å²) in [6.07, 6.45) is 5.02. The number of carbonyl (C=O) groups is 1. The van der Waals surface area contributed by atoms with Gasteiger partial charge in [-0.15, -0.1) is 11.3 Å². The molecule has 4 nitrogen and oxygen atoms in total. The van der Waals surface area contributed by atoms with Gasteiger partial charge in [0.05, 0.1) is 6.61 Å². The van der Waals surface area contributed by atoms with Crippen molar-refractivity contribution in [2.75, 3.05) is 19.7 Å². The van der Waals surface area contributed by atoms with Crippen LogP contribution in [0.4, 0.5) is 0 Å². The zero-order chi connectivity index (χ0) is 14.1. The molecule has 106 valence electrons. The maximum Gasteiger partial charge on any atom is 0.328 e. The topological polar surface area (TPSA) is 60.8 Å². The molecule has 19 heavy (non-hydrogen) atoms. The smallest absolute Gasteiger partial charge is 0.328 e. The Labute approximate surface area is 118 Å². The Balaban J connectivity index is 2.67. The quantitative estimate of drug-likeness (QED) is 0.683. The van der Waals surface area contributed by atoms with Crippen LogP contribution in [0, 0.1) is 0 Å². The third-order valence-corrected chi connectivity index (χ3v) is 3.72. The lowest BCUT2D eigenvalue weighted by Crippen LogP contribution is -2.27. The van der Waals surface area contributed by atoms with Crippen LogP contribution in [-0.2, 0) is 11.3 Å². The molecule has 0 aliphatic heterocycles. The number of carboxylic acid groups (broad SMARTS) is 1. The van der Waals surface area contributed by atoms with Crippen LogP contribution >= 0.6 is 11.3 Å². The van der Waals surface area contributed by atoms with Gasteiger partial charge >= 0.3 is 5.97 Å². The average molecular weight is 283 g/mol. The van der Waals surface area contributed by atoms with Crippen LogP contribution in [-0.4, -0.2) is 40.8 Å². The third-order valence-electron chi connectivity index (χ3n) is 2.80. The minimum Gasteiger partial charge on any atom is -0.478 e. The highest BCUT2D eigenvalue weighted by atomic mass is 32.1. The molecule has 1 aromatic rings. The molecule has 0 saturated carbocycles. The Morgan fingerprint density at radius 2 is 2.26 bits per heavy atom. The van der Waals surface area contributed by atoms with Gasteiger partial charge in [-0.2, -0.15) is 0 Å². The first-order chi connectivity index (χ1) is 9.17. The number of carboxylic acids is 1. The average Bonchev–Trinajstić information content (AvgIpc) is 2.81. The van der Waals surface area contributed by atoms with Gasteiger partial charge < -0.3 is 10.2 Å². The summed E-state index contributed by atoms with van der Waals surface area (Å²) in [6.45, 7) is 4.66. The zero-order valence-electron chi connectivity index (χ0n) is 11.2. The fraction of sp³-hybridized carbons (Fsp3) is 0.500. The number of aliphatic hydroxyl groups excluding tert-OH is 1. The fourth-order valence-corrected chi connectivity index (χ4v) is 2.69. The number of thiophene rings is 1. The van der Waals surface area contributed by atoms with Gasteiger partial charge in [-0.25, -0.2) is 4.79 Å². The predicted molar refractivity (Wildman–Crippen MR) is 78.3 cm³/mol. The summed E-state index contributed by atoms with van der Waals surface area (Å²) in [5, 5.41) is 19.7. The summed E-state index contributed by atoms with van der Waals surface area (Å²) >= 11 is 1.62. The first-order valence-electron chi connectivity index (χ1n) is 6.48. The lowest BCUT2D eigenvalue weighted by Gasteiger charge is -2.20. The summed E-state index contributed by atoms with van der Waals surface area (Å²) in [5.74, 6) is -0.935. The Morgan fingerprint density at radius 3 is 2.89 bits per heavy atom. The lowest BCUT2D eigenvalue weighted by molar-refractivity contribution is -0.131. The van der Waals surface area contributed by atoms with Gasteiger partial charge in [0, 0.05) is 24.0 Å². The Kier molecular flexibility index (Phi) is 7.40. The molecule has 0 bridgehead atoms. The van der Waals surface area contributed by atoms with Crippen molar-refractivity contribution in [2.24, 2.45) is 0 Å². The van der Waals surface area contributed by atoms with Crippen molar-refractivity contribution in [3.8, 4) is 0 Å². The minimum absolute atomic E-state index is 0.148. The summed E-state index contributed by atoms with van der Waals surface area (Å²) in [6, 6.07) is 1.93. The Morgan fingerprint density at radius 1 is 1.47 bits per heavy atom. The molecule has 0 fully saturated rings. The predicted octanol–water partition coefficient (Wildman–Crippen LogP) is 2.44. The molecule has 0 saturated heterocycles. The van der Waals surface area contributed by atoms with Crippen LogP contribution in [0.1, 0.15) is 30.2 Å². The highest BCUT2D eigenvalue weighted by Gasteiger charge is 2.09. The SMILES string of the molecule is CCCCN(CCO)Cc1sccc1C=CC(=O)O. The van der Waals surface area contributed by atoms with Crippen molar-refractivity contribution >= 4 is 23.4 Å². The van der Waals surface area contributed by atoms with Crippen LogP contribution in [0.2, 0.25) is 0 Å². The first-order valence-corrected chi connectivity index (χ1v) is 7.36. The molecule has 0 aliphatic rings. The van der Waals surface area contributed by atoms with Gasteiger partial charge in [-0.05, 0) is 36.1 Å². The van der Waals surface area contributed by atoms with Crippen molar-refractivity contribution in [2.45, 2.75) is 26.3 Å². The van der Waals surface area contributed by atoms with Crippen molar-refractivity contribution in [1.82, 2.24) is 4.90 Å². The summed E-state index contributed by atoms with van der Waals surface area (Å²) in [7, 11) is 0. The van der Waals surface area contributed by atoms with E-state index in [1.807, 2.05) is 11.4 Å². The number of unbranched alkanes of at least 4 members (excludes halogenated alkanes) is 1. The maximum atomic E-state index is 10.5. The lowest BCUT2D eigenvalue weighted by atomic mass is 10.2. The molecule has 0 aromatic carbocycles. The highest BCUT2D eigenvalue weighted by Crippen LogP contribution is 2.20. The highest BCUT2D eigenvalue weighted by molar-refractivity contribution is 7.10. The van der Waals surface area contributed by atoms with Crippen LogP contribution < -0.4 is 0 Å². The van der Waals surface area contributed by atoms with Crippen LogP contribution in [0.5, 0.6) is 0 Å². The third kappa shape index (κ3) is 6.00. The Hall–Kier alpha value is -1.17. The van der Waals surface area contributed by atoms with Crippen molar-refractivity contribution in [3.63, 3.8) is 0 Å². The van der Waals surface area contributed by atoms with Crippen LogP contribution in [0.3, 0.4) is 0 Å². The standard InChI is InChI=1S/C14H21NO3S/c1-2-3-7-15(8-9-16)11-13-12(6-10-19-13)4-5-14(17)18/h4-6,10,16H,2-3,7-9,11H2,1H3,(H,17,18). The van der Waals surface area contributed by atoms with E-state index < -0.39 is 5.97 Å². The fourth-order valence-electron chi connectivity index (χ4n) is 1.78. The number of aliphatic carboxylic acids is 1. The van der Waals surface area contributed by atoms with E-state index >= 15 is 0 Å². The number of rotatable bonds is 9. The normalized spacial score (nSPS) is 11.5. The molecule has 1 heterocycles. The summed E-state index contributed by atoms with van der Waals surface area (Å²) < 4.78 is 0. The molecule has 0 aliphatic carbocycles. The van der Waals surface area contributed by atoms with E-state index in [1.54, 1.807) is 17.4 Å². The molecular formula is C14H21NO3S. The van der Waals surface area contributed by atoms with Gasteiger partial charge in [-0.1, -0.05) is 13.3 Å². The molecule has 5 heteroatoms. The summed E-state index contributed by atoms with van der Waals surface area (Å²) in [4.78, 5) is 13.9. The first kappa shape index (κ1) is 15.9. The van der Waals surface area contributed by atoms with Crippen LogP contribution in [0.15, 0.2) is 17.5 Å². The second-order valence-electron chi connectivity index (χ2n) is 4.32. The van der Waals surface area contributed by atoms with Crippen molar-refractivity contribution in [1.29, 1.82) is 0 Å². The monoisotopic (exact) mass is 283 g/mol. The van der Waals surface area contributed by atoms with Gasteiger partial charge in [0.25, 0.3) is 0 Å². The Bertz CT molecular complexity index is 415. The van der Waals surface area contributed by atoms with Gasteiger partial charge in [0.1, 0.15) is 0 Å². The molecule has 1 aromatic heterocycles. The van der Waals surface area contributed by atoms with E-state index in [0.29, 0.717) is 6.54 Å². The van der Waals surface area contributed by atoms with E-state index in [9.17, 15) is 4.79 Å². The molecule has 0 atom stereocenters. The van der Waals surface area contributed by atoms with Crippen molar-refractivity contribution < 1.29 is 15.0 Å². The largest absolute Gasteiger partial charge is 0.478 e. The number of aliphatic hydroxyl groups is 1. The van der Waals surface area contributed by atoms with E-state index in [0.717, 1.165) is 42.4 Å². The van der Waals surface area contributed by atoms with Crippen LogP contribution in [0.25, 0.3) is 6.08 Å². The van der Waals surface area contributed by atoms with Gasteiger partial charge in [-0.3, -0.25) is 4.90 Å². The second-order valence-corrected chi connectivity index (χ2v) is 5.32. The molecule has 1 rings (SSSR count). The van der Waals surface area contributed by atoms with Crippen molar-refractivity contribution in [3.05, 3.63) is 28.0 Å². The maximum absolute atomic E-state index is 10.5. The molecular weight excluding hydrogens is 262 g/mol. The molecule has 0 spiro atoms. The second kappa shape index (κ2) is 8.85. The van der Waals surface area contributed by atoms with E-state index in [4.69, 9.17) is 10.2 Å². The van der Waals surface area contributed by atoms with E-state index in [-0.39, 0.29) is 6.61 Å². The molecule has 0 unspecified atom stereocenters. The van der Waals surface area contributed by atoms with Gasteiger partial charge in [0.15, 0.2) is 0 Å². The van der Waals surface area contributed by atoms with E-state index in [2.05, 4.69) is 11.8 Å². The molecule has 0 radical (unpaired) electrons. The number of nitrogens with zero attached hydrogens (tertiary/aromatic N) is 1. The number of hydrogen-bond donors (Lipinski definition) is 2. The van der Waals surface area contributed by atoms with Gasteiger partial charge in [0.2, 0.25) is 0 Å². The van der Waals surface area contributed by atoms with E-state index in [1.165, 1.54) is 0 Å². The molecule has 0 amide bonds. The number of hydrogen-bond acceptors (Lipinski definition) is 4. The molecule has 2 N–H and O–H groups in total. The summed E-state index contributed by atoms with van der Waals surface area (Å²) in [5.41, 5.74) is 0.951. The minimum atomic E-state index is -0.935. The zero-order valence-corrected chi connectivity index (χ0v) is 12.0.